The molecule has 0 aliphatic heterocycles. The number of alkyl halides is 1. The molecular weight excluding hydrogens is 268 g/mol. The van der Waals surface area contributed by atoms with E-state index in [2.05, 4.69) is 37.8 Å². The van der Waals surface area contributed by atoms with Gasteiger partial charge in [-0.3, -0.25) is 0 Å². The van der Waals surface area contributed by atoms with E-state index < -0.39 is 0 Å². The van der Waals surface area contributed by atoms with Crippen LogP contribution >= 0.6 is 31.9 Å². The molecule has 1 rings (SSSR count). The molecule has 0 heterocycles. The monoisotopic (exact) mass is 272 g/mol. The first kappa shape index (κ1) is 8.83. The molecule has 0 fully saturated rings. The summed E-state index contributed by atoms with van der Waals surface area (Å²) in [7, 11) is 0. The van der Waals surface area contributed by atoms with Crippen LogP contribution in [0.25, 0.3) is 0 Å². The van der Waals surface area contributed by atoms with Gasteiger partial charge in [0.2, 0.25) is 0 Å². The van der Waals surface area contributed by atoms with E-state index in [0.29, 0.717) is 0 Å². The first-order chi connectivity index (χ1) is 5.27. The van der Waals surface area contributed by atoms with Crippen molar-refractivity contribution in [3.05, 3.63) is 33.8 Å². The van der Waals surface area contributed by atoms with Crippen molar-refractivity contribution in [3.8, 4) is 12.3 Å². The molecule has 1 aromatic rings. The zero-order valence-corrected chi connectivity index (χ0v) is 8.94. The van der Waals surface area contributed by atoms with Gasteiger partial charge in [0.25, 0.3) is 0 Å². The number of hydrogen-bond donors (Lipinski definition) is 0. The molecule has 0 unspecified atom stereocenters. The van der Waals surface area contributed by atoms with Gasteiger partial charge in [-0.05, 0) is 23.8 Å². The molecule has 0 saturated heterocycles. The van der Waals surface area contributed by atoms with Gasteiger partial charge in [0.1, 0.15) is 0 Å². The number of halogens is 2. The summed E-state index contributed by atoms with van der Waals surface area (Å²) in [6.45, 7) is 0. The third-order valence-corrected chi connectivity index (χ3v) is 2.73. The van der Waals surface area contributed by atoms with Crippen molar-refractivity contribution in [2.45, 2.75) is 5.33 Å². The maximum absolute atomic E-state index is 5.24. The minimum Gasteiger partial charge on any atom is -0.115 e. The Labute approximate surface area is 83.3 Å². The number of hydrogen-bond acceptors (Lipinski definition) is 0. The minimum absolute atomic E-state index is 0.823. The zero-order chi connectivity index (χ0) is 8.27. The lowest BCUT2D eigenvalue weighted by Gasteiger charge is -1.99. The summed E-state index contributed by atoms with van der Waals surface area (Å²) in [6.07, 6.45) is 5.24. The first-order valence-electron chi connectivity index (χ1n) is 3.09. The van der Waals surface area contributed by atoms with Crippen LogP contribution in [-0.2, 0) is 5.33 Å². The molecule has 0 saturated carbocycles. The molecule has 0 nitrogen and oxygen atoms in total. The van der Waals surface area contributed by atoms with Crippen molar-refractivity contribution in [2.75, 3.05) is 0 Å². The molecule has 0 aliphatic carbocycles. The van der Waals surface area contributed by atoms with Gasteiger partial charge in [-0.25, -0.2) is 0 Å². The van der Waals surface area contributed by atoms with Gasteiger partial charge in [-0.15, -0.1) is 6.42 Å². The quantitative estimate of drug-likeness (QED) is 0.544. The maximum atomic E-state index is 5.24. The summed E-state index contributed by atoms with van der Waals surface area (Å²) < 4.78 is 1.09. The Morgan fingerprint density at radius 2 is 2.18 bits per heavy atom. The van der Waals surface area contributed by atoms with Crippen molar-refractivity contribution in [1.82, 2.24) is 0 Å². The lowest BCUT2D eigenvalue weighted by atomic mass is 10.1. The van der Waals surface area contributed by atoms with Crippen molar-refractivity contribution in [2.24, 2.45) is 0 Å². The van der Waals surface area contributed by atoms with E-state index >= 15 is 0 Å². The molecule has 0 radical (unpaired) electrons. The summed E-state index contributed by atoms with van der Waals surface area (Å²) in [5.74, 6) is 2.59. The van der Waals surface area contributed by atoms with E-state index in [0.717, 1.165) is 15.4 Å². The van der Waals surface area contributed by atoms with Crippen LogP contribution in [0.2, 0.25) is 0 Å². The third kappa shape index (κ3) is 2.08. The van der Waals surface area contributed by atoms with Gasteiger partial charge in [-0.1, -0.05) is 37.8 Å². The Morgan fingerprint density at radius 1 is 1.45 bits per heavy atom. The van der Waals surface area contributed by atoms with E-state index in [1.165, 1.54) is 5.56 Å². The number of rotatable bonds is 1. The van der Waals surface area contributed by atoms with Crippen LogP contribution in [0.15, 0.2) is 22.7 Å². The van der Waals surface area contributed by atoms with Crippen LogP contribution in [-0.4, -0.2) is 0 Å². The number of terminal acetylenes is 1. The van der Waals surface area contributed by atoms with Gasteiger partial charge in [0.05, 0.1) is 0 Å². The van der Waals surface area contributed by atoms with Gasteiger partial charge in [0.15, 0.2) is 0 Å². The molecular formula is C9H6Br2. The Bertz CT molecular complexity index is 297. The molecule has 0 N–H and O–H groups in total. The molecule has 56 valence electrons. The Balaban J connectivity index is 3.15. The fraction of sp³-hybridized carbons (Fsp3) is 0.111. The predicted molar refractivity (Wildman–Crippen MR) is 54.7 cm³/mol. The maximum Gasteiger partial charge on any atom is 0.0294 e. The lowest BCUT2D eigenvalue weighted by molar-refractivity contribution is 1.39. The van der Waals surface area contributed by atoms with Crippen LogP contribution in [0.5, 0.6) is 0 Å². The smallest absolute Gasteiger partial charge is 0.0294 e. The van der Waals surface area contributed by atoms with E-state index in [4.69, 9.17) is 6.42 Å². The molecule has 0 aromatic heterocycles. The highest BCUT2D eigenvalue weighted by Crippen LogP contribution is 2.20. The predicted octanol–water partition coefficient (Wildman–Crippen LogP) is 3.33. The molecule has 2 heteroatoms. The first-order valence-corrected chi connectivity index (χ1v) is 5.00. The topological polar surface area (TPSA) is 0 Å². The molecule has 0 aliphatic rings. The number of benzene rings is 1. The van der Waals surface area contributed by atoms with Crippen LogP contribution in [0, 0.1) is 12.3 Å². The fourth-order valence-corrected chi connectivity index (χ4v) is 1.99. The third-order valence-electron chi connectivity index (χ3n) is 1.36. The molecule has 0 bridgehead atoms. The average Bonchev–Trinajstić information content (AvgIpc) is 2.05. The van der Waals surface area contributed by atoms with Crippen molar-refractivity contribution >= 4 is 31.9 Å². The minimum atomic E-state index is 0.823. The second kappa shape index (κ2) is 3.94. The van der Waals surface area contributed by atoms with E-state index in [9.17, 15) is 0 Å². The fourth-order valence-electron chi connectivity index (χ4n) is 0.767. The lowest BCUT2D eigenvalue weighted by Crippen LogP contribution is -1.81. The Kier molecular flexibility index (Phi) is 3.16. The molecule has 0 spiro atoms. The molecule has 0 amide bonds. The van der Waals surface area contributed by atoms with Gasteiger partial charge in [-0.2, -0.15) is 0 Å². The summed E-state index contributed by atoms with van der Waals surface area (Å²) in [5, 5.41) is 0.823. The zero-order valence-electron chi connectivity index (χ0n) is 5.77. The van der Waals surface area contributed by atoms with E-state index in [1.807, 2.05) is 18.2 Å². The Hall–Kier alpha value is -0.260. The molecule has 11 heavy (non-hydrogen) atoms. The van der Waals surface area contributed by atoms with Crippen LogP contribution < -0.4 is 0 Å². The van der Waals surface area contributed by atoms with E-state index in [1.54, 1.807) is 0 Å². The second-order valence-corrected chi connectivity index (χ2v) is 3.50. The van der Waals surface area contributed by atoms with Gasteiger partial charge in [0, 0.05) is 15.4 Å². The summed E-state index contributed by atoms with van der Waals surface area (Å²) in [6, 6.07) is 5.86. The average molecular weight is 274 g/mol. The van der Waals surface area contributed by atoms with E-state index in [-0.39, 0.29) is 0 Å². The molecule has 1 aromatic carbocycles. The largest absolute Gasteiger partial charge is 0.115 e. The van der Waals surface area contributed by atoms with Crippen LogP contribution in [0.4, 0.5) is 0 Å². The van der Waals surface area contributed by atoms with Crippen molar-refractivity contribution in [1.29, 1.82) is 0 Å². The van der Waals surface area contributed by atoms with Crippen LogP contribution in [0.1, 0.15) is 11.1 Å². The Morgan fingerprint density at radius 3 is 2.73 bits per heavy atom. The van der Waals surface area contributed by atoms with Crippen molar-refractivity contribution in [3.63, 3.8) is 0 Å². The highest BCUT2D eigenvalue weighted by atomic mass is 79.9. The van der Waals surface area contributed by atoms with Crippen molar-refractivity contribution < 1.29 is 0 Å². The summed E-state index contributed by atoms with van der Waals surface area (Å²) in [4.78, 5) is 0. The summed E-state index contributed by atoms with van der Waals surface area (Å²) >= 11 is 6.79. The van der Waals surface area contributed by atoms with Gasteiger partial charge >= 0.3 is 0 Å². The highest BCUT2D eigenvalue weighted by molar-refractivity contribution is 9.10. The normalized spacial score (nSPS) is 9.18. The molecule has 0 atom stereocenters. The highest BCUT2D eigenvalue weighted by Gasteiger charge is 1.97. The summed E-state index contributed by atoms with van der Waals surface area (Å²) in [5.41, 5.74) is 2.10. The SMILES string of the molecule is C#Cc1ccc(Br)c(CBr)c1. The van der Waals surface area contributed by atoms with Crippen LogP contribution in [0.3, 0.4) is 0 Å². The second-order valence-electron chi connectivity index (χ2n) is 2.08. The standard InChI is InChI=1S/C9H6Br2/c1-2-7-3-4-9(11)8(5-7)6-10/h1,3-5H,6H2. The van der Waals surface area contributed by atoms with Gasteiger partial charge < -0.3 is 0 Å².